The number of halogens is 1. The Kier molecular flexibility index (Phi) is 3.06. The van der Waals surface area contributed by atoms with Gasteiger partial charge in [0.1, 0.15) is 5.82 Å². The van der Waals surface area contributed by atoms with Gasteiger partial charge in [-0.1, -0.05) is 18.6 Å². The van der Waals surface area contributed by atoms with Gasteiger partial charge in [-0.3, -0.25) is 4.79 Å². The second-order valence-corrected chi connectivity index (χ2v) is 4.47. The molecule has 86 valence electrons. The zero-order valence-electron chi connectivity index (χ0n) is 9.42. The van der Waals surface area contributed by atoms with Crippen molar-refractivity contribution in [2.75, 3.05) is 13.6 Å². The Morgan fingerprint density at radius 2 is 2.12 bits per heavy atom. The molecule has 0 atom stereocenters. The number of benzene rings is 1. The van der Waals surface area contributed by atoms with E-state index in [2.05, 4.69) is 5.32 Å². The number of ketones is 1. The number of carbonyl (C=O) groups is 1. The predicted molar refractivity (Wildman–Crippen MR) is 60.9 cm³/mol. The summed E-state index contributed by atoms with van der Waals surface area (Å²) >= 11 is 0. The van der Waals surface area contributed by atoms with Crippen LogP contribution in [-0.4, -0.2) is 19.4 Å². The van der Waals surface area contributed by atoms with Crippen LogP contribution in [-0.2, 0) is 0 Å². The lowest BCUT2D eigenvalue weighted by atomic mass is 9.64. The minimum Gasteiger partial charge on any atom is -0.319 e. The van der Waals surface area contributed by atoms with Crippen LogP contribution in [0.2, 0.25) is 0 Å². The second-order valence-electron chi connectivity index (χ2n) is 4.47. The van der Waals surface area contributed by atoms with E-state index in [1.165, 1.54) is 6.07 Å². The number of nitrogens with one attached hydrogen (secondary N) is 1. The van der Waals surface area contributed by atoms with E-state index in [0.29, 0.717) is 6.54 Å². The number of hydrogen-bond acceptors (Lipinski definition) is 2. The molecule has 1 saturated carbocycles. The van der Waals surface area contributed by atoms with Gasteiger partial charge in [0.25, 0.3) is 0 Å². The summed E-state index contributed by atoms with van der Waals surface area (Å²) in [7, 11) is 1.83. The van der Waals surface area contributed by atoms with Crippen molar-refractivity contribution >= 4 is 5.78 Å². The second kappa shape index (κ2) is 4.34. The minimum absolute atomic E-state index is 0.0498. The average Bonchev–Trinajstić information content (AvgIpc) is 2.23. The van der Waals surface area contributed by atoms with Crippen LogP contribution in [0, 0.1) is 11.2 Å². The van der Waals surface area contributed by atoms with Crippen LogP contribution in [0.15, 0.2) is 24.3 Å². The third-order valence-electron chi connectivity index (χ3n) is 3.43. The van der Waals surface area contributed by atoms with E-state index in [1.54, 1.807) is 18.2 Å². The van der Waals surface area contributed by atoms with Crippen molar-refractivity contribution in [3.05, 3.63) is 35.6 Å². The molecule has 0 aromatic heterocycles. The number of carbonyl (C=O) groups excluding carboxylic acids is 1. The van der Waals surface area contributed by atoms with E-state index in [1.807, 2.05) is 7.05 Å². The molecular weight excluding hydrogens is 205 g/mol. The number of hydrogen-bond donors (Lipinski definition) is 1. The van der Waals surface area contributed by atoms with Crippen LogP contribution in [0.3, 0.4) is 0 Å². The zero-order valence-corrected chi connectivity index (χ0v) is 9.42. The fourth-order valence-corrected chi connectivity index (χ4v) is 2.36. The van der Waals surface area contributed by atoms with Gasteiger partial charge < -0.3 is 5.32 Å². The topological polar surface area (TPSA) is 29.1 Å². The molecule has 1 aromatic rings. The normalized spacial score (nSPS) is 17.9. The quantitative estimate of drug-likeness (QED) is 0.791. The summed E-state index contributed by atoms with van der Waals surface area (Å²) < 4.78 is 13.5. The summed E-state index contributed by atoms with van der Waals surface area (Å²) in [6.45, 7) is 0.639. The molecule has 0 radical (unpaired) electrons. The molecule has 1 N–H and O–H groups in total. The maximum Gasteiger partial charge on any atom is 0.173 e. The fourth-order valence-electron chi connectivity index (χ4n) is 2.36. The van der Waals surface area contributed by atoms with Gasteiger partial charge in [-0.05, 0) is 32.0 Å². The maximum atomic E-state index is 13.5. The molecule has 1 aromatic carbocycles. The lowest BCUT2D eigenvalue weighted by molar-refractivity contribution is 0.0610. The van der Waals surface area contributed by atoms with E-state index in [4.69, 9.17) is 0 Å². The SMILES string of the molecule is CNCC1(C(=O)c2ccccc2F)CCC1. The molecule has 1 fully saturated rings. The Labute approximate surface area is 94.9 Å². The monoisotopic (exact) mass is 221 g/mol. The predicted octanol–water partition coefficient (Wildman–Crippen LogP) is 2.40. The minimum atomic E-state index is -0.408. The van der Waals surface area contributed by atoms with E-state index in [0.717, 1.165) is 19.3 Å². The summed E-state index contributed by atoms with van der Waals surface area (Å²) in [5.41, 5.74) is -0.130. The summed E-state index contributed by atoms with van der Waals surface area (Å²) in [5, 5.41) is 3.04. The Morgan fingerprint density at radius 3 is 2.62 bits per heavy atom. The Morgan fingerprint density at radius 1 is 1.44 bits per heavy atom. The highest BCUT2D eigenvalue weighted by Gasteiger charge is 2.44. The van der Waals surface area contributed by atoms with Crippen molar-refractivity contribution in [2.45, 2.75) is 19.3 Å². The molecule has 0 saturated heterocycles. The lowest BCUT2D eigenvalue weighted by Crippen LogP contribution is -2.45. The summed E-state index contributed by atoms with van der Waals surface area (Å²) in [6.07, 6.45) is 2.78. The largest absolute Gasteiger partial charge is 0.319 e. The first-order chi connectivity index (χ1) is 7.69. The molecule has 0 unspecified atom stereocenters. The molecule has 3 heteroatoms. The Hall–Kier alpha value is -1.22. The summed E-state index contributed by atoms with van der Waals surface area (Å²) in [6, 6.07) is 6.24. The van der Waals surface area contributed by atoms with E-state index in [-0.39, 0.29) is 16.8 Å². The van der Waals surface area contributed by atoms with Crippen molar-refractivity contribution in [3.8, 4) is 0 Å². The highest BCUT2D eigenvalue weighted by atomic mass is 19.1. The van der Waals surface area contributed by atoms with Gasteiger partial charge in [0, 0.05) is 12.0 Å². The molecule has 0 amide bonds. The van der Waals surface area contributed by atoms with Crippen LogP contribution < -0.4 is 5.32 Å². The third kappa shape index (κ3) is 1.76. The molecule has 0 heterocycles. The molecule has 0 bridgehead atoms. The summed E-state index contributed by atoms with van der Waals surface area (Å²) in [4.78, 5) is 12.3. The standard InChI is InChI=1S/C13H16FNO/c1-15-9-13(7-4-8-13)12(16)10-5-2-3-6-11(10)14/h2-3,5-6,15H,4,7-9H2,1H3. The van der Waals surface area contributed by atoms with Crippen LogP contribution in [0.5, 0.6) is 0 Å². The molecule has 1 aliphatic carbocycles. The highest BCUT2D eigenvalue weighted by molar-refractivity contribution is 6.01. The average molecular weight is 221 g/mol. The first-order valence-corrected chi connectivity index (χ1v) is 5.63. The van der Waals surface area contributed by atoms with Gasteiger partial charge in [-0.25, -0.2) is 4.39 Å². The Balaban J connectivity index is 2.27. The molecule has 2 nitrogen and oxygen atoms in total. The fraction of sp³-hybridized carbons (Fsp3) is 0.462. The van der Waals surface area contributed by atoms with Gasteiger partial charge in [-0.15, -0.1) is 0 Å². The van der Waals surface area contributed by atoms with Gasteiger partial charge >= 0.3 is 0 Å². The smallest absolute Gasteiger partial charge is 0.173 e. The van der Waals surface area contributed by atoms with Gasteiger partial charge in [0.15, 0.2) is 5.78 Å². The highest BCUT2D eigenvalue weighted by Crippen LogP contribution is 2.43. The maximum absolute atomic E-state index is 13.5. The summed E-state index contributed by atoms with van der Waals surface area (Å²) in [5.74, 6) is -0.457. The molecule has 0 aliphatic heterocycles. The van der Waals surface area contributed by atoms with Crippen LogP contribution in [0.25, 0.3) is 0 Å². The lowest BCUT2D eigenvalue weighted by Gasteiger charge is -2.40. The van der Waals surface area contributed by atoms with Crippen molar-refractivity contribution in [3.63, 3.8) is 0 Å². The van der Waals surface area contributed by atoms with Crippen molar-refractivity contribution in [2.24, 2.45) is 5.41 Å². The first-order valence-electron chi connectivity index (χ1n) is 5.63. The molecule has 16 heavy (non-hydrogen) atoms. The van der Waals surface area contributed by atoms with Gasteiger partial charge in [0.2, 0.25) is 0 Å². The van der Waals surface area contributed by atoms with Crippen LogP contribution in [0.4, 0.5) is 4.39 Å². The van der Waals surface area contributed by atoms with E-state index < -0.39 is 5.82 Å². The molecule has 0 spiro atoms. The first kappa shape index (κ1) is 11.3. The number of rotatable bonds is 4. The molecular formula is C13H16FNO. The van der Waals surface area contributed by atoms with Gasteiger partial charge in [0.05, 0.1) is 5.56 Å². The third-order valence-corrected chi connectivity index (χ3v) is 3.43. The van der Waals surface area contributed by atoms with Crippen LogP contribution in [0.1, 0.15) is 29.6 Å². The van der Waals surface area contributed by atoms with Crippen LogP contribution >= 0.6 is 0 Å². The number of Topliss-reactive ketones (excluding diaryl/α,β-unsaturated/α-hetero) is 1. The zero-order chi connectivity index (χ0) is 11.6. The van der Waals surface area contributed by atoms with E-state index >= 15 is 0 Å². The molecule has 1 aliphatic rings. The van der Waals surface area contributed by atoms with E-state index in [9.17, 15) is 9.18 Å². The molecule has 2 rings (SSSR count). The van der Waals surface area contributed by atoms with Crippen molar-refractivity contribution in [1.82, 2.24) is 5.32 Å². The van der Waals surface area contributed by atoms with Crippen molar-refractivity contribution < 1.29 is 9.18 Å². The van der Waals surface area contributed by atoms with Gasteiger partial charge in [-0.2, -0.15) is 0 Å². The van der Waals surface area contributed by atoms with Crippen molar-refractivity contribution in [1.29, 1.82) is 0 Å². The Bertz CT molecular complexity index is 399.